The quantitative estimate of drug-likeness (QED) is 0.861. The molecule has 18 heavy (non-hydrogen) atoms. The number of carbonyl (C=O) groups excluding carboxylic acids is 1. The molecule has 0 amide bonds. The minimum atomic E-state index is -0.510. The molecule has 0 saturated carbocycles. The van der Waals surface area contributed by atoms with Crippen molar-refractivity contribution in [1.29, 1.82) is 0 Å². The summed E-state index contributed by atoms with van der Waals surface area (Å²) in [7, 11) is 1.38. The Morgan fingerprint density at radius 3 is 2.94 bits per heavy atom. The summed E-state index contributed by atoms with van der Waals surface area (Å²) in [6, 6.07) is 7.34. The van der Waals surface area contributed by atoms with E-state index in [0.717, 1.165) is 16.1 Å². The zero-order valence-corrected chi connectivity index (χ0v) is 11.0. The van der Waals surface area contributed by atoms with Crippen LogP contribution >= 0.6 is 11.3 Å². The summed E-state index contributed by atoms with van der Waals surface area (Å²) >= 11 is 1.42. The second kappa shape index (κ2) is 5.64. The third kappa shape index (κ3) is 2.87. The number of aromatic nitrogens is 1. The maximum atomic E-state index is 11.8. The molecule has 94 valence electrons. The summed E-state index contributed by atoms with van der Waals surface area (Å²) in [5.41, 5.74) is 3.72. The molecule has 1 aromatic carbocycles. The first-order valence-corrected chi connectivity index (χ1v) is 6.38. The number of nitrogens with one attached hydrogen (secondary N) is 1. The average Bonchev–Trinajstić information content (AvgIpc) is 2.89. The Kier molecular flexibility index (Phi) is 3.94. The van der Waals surface area contributed by atoms with Crippen molar-refractivity contribution in [2.45, 2.75) is 13.0 Å². The molecule has 0 aliphatic rings. The van der Waals surface area contributed by atoms with Gasteiger partial charge in [-0.05, 0) is 24.6 Å². The number of methoxy groups -OCH3 is 1. The summed E-state index contributed by atoms with van der Waals surface area (Å²) in [4.78, 5) is 16.6. The Morgan fingerprint density at radius 2 is 2.33 bits per heavy atom. The van der Waals surface area contributed by atoms with Gasteiger partial charge in [0.2, 0.25) is 0 Å². The first-order chi connectivity index (χ1) is 8.70. The fourth-order valence-electron chi connectivity index (χ4n) is 1.63. The van der Waals surface area contributed by atoms with Crippen molar-refractivity contribution in [2.75, 3.05) is 12.4 Å². The van der Waals surface area contributed by atoms with Gasteiger partial charge in [0.1, 0.15) is 0 Å². The third-order valence-corrected chi connectivity index (χ3v) is 3.34. The van der Waals surface area contributed by atoms with E-state index in [1.807, 2.05) is 31.2 Å². The van der Waals surface area contributed by atoms with Crippen LogP contribution in [0.2, 0.25) is 0 Å². The van der Waals surface area contributed by atoms with Gasteiger partial charge in [-0.3, -0.25) is 4.98 Å². The third-order valence-electron chi connectivity index (χ3n) is 2.50. The van der Waals surface area contributed by atoms with Crippen molar-refractivity contribution in [2.24, 2.45) is 0 Å². The van der Waals surface area contributed by atoms with Crippen LogP contribution in [0.1, 0.15) is 16.5 Å². The molecule has 2 rings (SSSR count). The molecule has 0 spiro atoms. The highest BCUT2D eigenvalue weighted by Crippen LogP contribution is 2.24. The van der Waals surface area contributed by atoms with Gasteiger partial charge >= 0.3 is 5.97 Å². The molecular formula is C13H14N2O2S. The number of carbonyl (C=O) groups is 1. The van der Waals surface area contributed by atoms with E-state index in [-0.39, 0.29) is 5.97 Å². The highest BCUT2D eigenvalue weighted by molar-refractivity contribution is 7.09. The van der Waals surface area contributed by atoms with Crippen LogP contribution in [0.5, 0.6) is 0 Å². The van der Waals surface area contributed by atoms with Crippen LogP contribution in [-0.2, 0) is 9.53 Å². The second-order valence-electron chi connectivity index (χ2n) is 3.87. The number of benzene rings is 1. The van der Waals surface area contributed by atoms with E-state index < -0.39 is 6.04 Å². The molecule has 1 heterocycles. The Bertz CT molecular complexity index is 526. The Labute approximate surface area is 110 Å². The number of rotatable bonds is 4. The van der Waals surface area contributed by atoms with Crippen LogP contribution in [0.3, 0.4) is 0 Å². The van der Waals surface area contributed by atoms with Crippen molar-refractivity contribution in [3.05, 3.63) is 46.4 Å². The van der Waals surface area contributed by atoms with E-state index in [4.69, 9.17) is 4.74 Å². The van der Waals surface area contributed by atoms with Gasteiger partial charge in [0.15, 0.2) is 6.04 Å². The lowest BCUT2D eigenvalue weighted by Crippen LogP contribution is -2.21. The molecule has 1 aromatic heterocycles. The highest BCUT2D eigenvalue weighted by Gasteiger charge is 2.22. The summed E-state index contributed by atoms with van der Waals surface area (Å²) < 4.78 is 4.82. The first kappa shape index (κ1) is 12.6. The van der Waals surface area contributed by atoms with Crippen LogP contribution < -0.4 is 5.32 Å². The van der Waals surface area contributed by atoms with Gasteiger partial charge in [-0.25, -0.2) is 4.79 Å². The van der Waals surface area contributed by atoms with E-state index in [1.165, 1.54) is 18.4 Å². The number of hydrogen-bond acceptors (Lipinski definition) is 5. The predicted molar refractivity (Wildman–Crippen MR) is 71.7 cm³/mol. The van der Waals surface area contributed by atoms with Gasteiger partial charge in [-0.2, -0.15) is 0 Å². The molecule has 0 radical (unpaired) electrons. The molecule has 1 N–H and O–H groups in total. The largest absolute Gasteiger partial charge is 0.467 e. The maximum Gasteiger partial charge on any atom is 0.333 e. The lowest BCUT2D eigenvalue weighted by atomic mass is 10.2. The number of thiazole rings is 1. The van der Waals surface area contributed by atoms with E-state index in [0.29, 0.717) is 0 Å². The number of hydrogen-bond donors (Lipinski definition) is 1. The Balaban J connectivity index is 2.23. The van der Waals surface area contributed by atoms with Crippen molar-refractivity contribution >= 4 is 23.0 Å². The molecule has 5 heteroatoms. The number of anilines is 1. The van der Waals surface area contributed by atoms with Crippen LogP contribution in [0, 0.1) is 6.92 Å². The summed E-state index contributed by atoms with van der Waals surface area (Å²) in [5, 5.41) is 3.17. The van der Waals surface area contributed by atoms with Gasteiger partial charge in [0.25, 0.3) is 0 Å². The zero-order valence-electron chi connectivity index (χ0n) is 10.2. The Morgan fingerprint density at radius 1 is 1.50 bits per heavy atom. The molecule has 0 aliphatic heterocycles. The van der Waals surface area contributed by atoms with Crippen LogP contribution in [0.15, 0.2) is 36.0 Å². The molecule has 4 nitrogen and oxygen atoms in total. The molecule has 0 saturated heterocycles. The predicted octanol–water partition coefficient (Wildman–Crippen LogP) is 2.78. The highest BCUT2D eigenvalue weighted by atomic mass is 32.1. The van der Waals surface area contributed by atoms with Crippen molar-refractivity contribution < 1.29 is 9.53 Å². The summed E-state index contributed by atoms with van der Waals surface area (Å²) in [5.74, 6) is -0.319. The molecular weight excluding hydrogens is 248 g/mol. The van der Waals surface area contributed by atoms with Gasteiger partial charge in [0.05, 0.1) is 17.5 Å². The monoisotopic (exact) mass is 262 g/mol. The molecule has 1 unspecified atom stereocenters. The number of esters is 1. The fourth-order valence-corrected chi connectivity index (χ4v) is 2.29. The normalized spacial score (nSPS) is 11.9. The van der Waals surface area contributed by atoms with E-state index in [9.17, 15) is 4.79 Å². The van der Waals surface area contributed by atoms with Gasteiger partial charge in [-0.15, -0.1) is 11.3 Å². The molecule has 2 aromatic rings. The number of aryl methyl sites for hydroxylation is 1. The lowest BCUT2D eigenvalue weighted by Gasteiger charge is -2.16. The van der Waals surface area contributed by atoms with Crippen LogP contribution in [-0.4, -0.2) is 18.1 Å². The van der Waals surface area contributed by atoms with Crippen LogP contribution in [0.25, 0.3) is 0 Å². The minimum Gasteiger partial charge on any atom is -0.467 e. The van der Waals surface area contributed by atoms with Gasteiger partial charge in [-0.1, -0.05) is 12.1 Å². The lowest BCUT2D eigenvalue weighted by molar-refractivity contribution is -0.141. The van der Waals surface area contributed by atoms with Gasteiger partial charge < -0.3 is 10.1 Å². The SMILES string of the molecule is COC(=O)C(Nc1cccc(C)c1)c1cncs1. The van der Waals surface area contributed by atoms with E-state index >= 15 is 0 Å². The molecule has 0 fully saturated rings. The van der Waals surface area contributed by atoms with Gasteiger partial charge in [0, 0.05) is 11.9 Å². The standard InChI is InChI=1S/C13H14N2O2S/c1-9-4-3-5-10(6-9)15-12(13(16)17-2)11-7-14-8-18-11/h3-8,12,15H,1-2H3. The van der Waals surface area contributed by atoms with E-state index in [1.54, 1.807) is 11.7 Å². The first-order valence-electron chi connectivity index (χ1n) is 5.50. The minimum absolute atomic E-state index is 0.319. The maximum absolute atomic E-state index is 11.8. The Hall–Kier alpha value is -1.88. The van der Waals surface area contributed by atoms with Crippen LogP contribution in [0.4, 0.5) is 5.69 Å². The zero-order chi connectivity index (χ0) is 13.0. The van der Waals surface area contributed by atoms with Crippen molar-refractivity contribution in [3.8, 4) is 0 Å². The smallest absolute Gasteiger partial charge is 0.333 e. The molecule has 0 bridgehead atoms. The molecule has 1 atom stereocenters. The second-order valence-corrected chi connectivity index (χ2v) is 4.79. The molecule has 0 aliphatic carbocycles. The number of nitrogens with zero attached hydrogens (tertiary/aromatic N) is 1. The summed E-state index contributed by atoms with van der Waals surface area (Å²) in [6.07, 6.45) is 1.68. The van der Waals surface area contributed by atoms with Crippen molar-refractivity contribution in [1.82, 2.24) is 4.98 Å². The topological polar surface area (TPSA) is 51.2 Å². The average molecular weight is 262 g/mol. The number of ether oxygens (including phenoxy) is 1. The fraction of sp³-hybridized carbons (Fsp3) is 0.231. The van der Waals surface area contributed by atoms with E-state index in [2.05, 4.69) is 10.3 Å². The summed E-state index contributed by atoms with van der Waals surface area (Å²) in [6.45, 7) is 2.00. The van der Waals surface area contributed by atoms with Crippen molar-refractivity contribution in [3.63, 3.8) is 0 Å².